The van der Waals surface area contributed by atoms with Gasteiger partial charge in [-0.05, 0) is 39.2 Å². The van der Waals surface area contributed by atoms with Gasteiger partial charge in [0, 0.05) is 12.6 Å². The van der Waals surface area contributed by atoms with E-state index in [-0.39, 0.29) is 0 Å². The van der Waals surface area contributed by atoms with Gasteiger partial charge in [0.2, 0.25) is 0 Å². The lowest BCUT2D eigenvalue weighted by Gasteiger charge is -2.34. The van der Waals surface area contributed by atoms with E-state index in [9.17, 15) is 0 Å². The van der Waals surface area contributed by atoms with Crippen LogP contribution in [0.1, 0.15) is 31.4 Å². The number of hydrogen-bond donors (Lipinski definition) is 1. The third kappa shape index (κ3) is 2.31. The number of nitrogens with zero attached hydrogens (tertiary/aromatic N) is 2. The average molecular weight is 209 g/mol. The summed E-state index contributed by atoms with van der Waals surface area (Å²) in [5.41, 5.74) is 5.63. The number of hydrogen-bond acceptors (Lipinski definition) is 4. The van der Waals surface area contributed by atoms with Gasteiger partial charge in [0.05, 0.1) is 6.20 Å². The first kappa shape index (κ1) is 10.5. The molecule has 0 bridgehead atoms. The summed E-state index contributed by atoms with van der Waals surface area (Å²) in [6.45, 7) is 3.71. The monoisotopic (exact) mass is 209 g/mol. The molecule has 2 N–H and O–H groups in total. The molecule has 0 aromatic carbocycles. The summed E-state index contributed by atoms with van der Waals surface area (Å²) < 4.78 is 5.57. The molecule has 1 fully saturated rings. The van der Waals surface area contributed by atoms with Crippen LogP contribution >= 0.6 is 0 Å². The van der Waals surface area contributed by atoms with E-state index in [4.69, 9.17) is 10.2 Å². The molecule has 2 heterocycles. The Morgan fingerprint density at radius 2 is 2.47 bits per heavy atom. The molecular weight excluding hydrogens is 190 g/mol. The highest BCUT2D eigenvalue weighted by molar-refractivity contribution is 5.29. The predicted molar refractivity (Wildman–Crippen MR) is 59.9 cm³/mol. The van der Waals surface area contributed by atoms with Crippen LogP contribution in [0.5, 0.6) is 0 Å². The number of nitrogens with two attached hydrogens (primary N) is 1. The molecule has 4 heteroatoms. The number of aromatic nitrogens is 1. The van der Waals surface area contributed by atoms with E-state index in [2.05, 4.69) is 9.88 Å². The highest BCUT2D eigenvalue weighted by Gasteiger charge is 2.24. The van der Waals surface area contributed by atoms with Crippen LogP contribution in [0.2, 0.25) is 0 Å². The molecule has 0 aliphatic carbocycles. The zero-order chi connectivity index (χ0) is 10.7. The first-order chi connectivity index (χ1) is 7.31. The Bertz CT molecular complexity index is 309. The fourth-order valence-electron chi connectivity index (χ4n) is 2.22. The summed E-state index contributed by atoms with van der Waals surface area (Å²) >= 11 is 0. The van der Waals surface area contributed by atoms with E-state index < -0.39 is 0 Å². The molecule has 2 rings (SSSR count). The van der Waals surface area contributed by atoms with Gasteiger partial charge < -0.3 is 15.1 Å². The lowest BCUT2D eigenvalue weighted by Crippen LogP contribution is -2.41. The summed E-state index contributed by atoms with van der Waals surface area (Å²) in [5.74, 6) is 0.877. The molecule has 0 saturated carbocycles. The van der Waals surface area contributed by atoms with Crippen LogP contribution in [-0.2, 0) is 0 Å². The Balaban J connectivity index is 2.10. The molecule has 1 saturated heterocycles. The first-order valence-electron chi connectivity index (χ1n) is 5.70. The maximum absolute atomic E-state index is 5.63. The third-order valence-corrected chi connectivity index (χ3v) is 2.98. The van der Waals surface area contributed by atoms with Crippen LogP contribution in [0.4, 0.5) is 6.01 Å². The van der Waals surface area contributed by atoms with Crippen molar-refractivity contribution >= 4 is 6.01 Å². The second kappa shape index (κ2) is 4.66. The minimum Gasteiger partial charge on any atom is -0.429 e. The van der Waals surface area contributed by atoms with Gasteiger partial charge >= 0.3 is 0 Å². The minimum absolute atomic E-state index is 0.516. The number of anilines is 1. The van der Waals surface area contributed by atoms with Gasteiger partial charge in [-0.15, -0.1) is 0 Å². The van der Waals surface area contributed by atoms with Crippen molar-refractivity contribution in [1.82, 2.24) is 4.98 Å². The van der Waals surface area contributed by atoms with Crippen LogP contribution in [-0.4, -0.2) is 24.1 Å². The van der Waals surface area contributed by atoms with Crippen molar-refractivity contribution < 1.29 is 4.42 Å². The van der Waals surface area contributed by atoms with Gasteiger partial charge in [0.25, 0.3) is 6.01 Å². The lowest BCUT2D eigenvalue weighted by atomic mass is 10.00. The van der Waals surface area contributed by atoms with Crippen molar-refractivity contribution in [1.29, 1.82) is 0 Å². The average Bonchev–Trinajstić information content (AvgIpc) is 2.66. The van der Waals surface area contributed by atoms with E-state index in [1.165, 1.54) is 19.3 Å². The van der Waals surface area contributed by atoms with Crippen molar-refractivity contribution in [3.05, 3.63) is 12.0 Å². The Morgan fingerprint density at radius 1 is 1.60 bits per heavy atom. The van der Waals surface area contributed by atoms with Crippen molar-refractivity contribution in [2.24, 2.45) is 5.73 Å². The maximum Gasteiger partial charge on any atom is 0.297 e. The Hall–Kier alpha value is -1.03. The van der Waals surface area contributed by atoms with Crippen molar-refractivity contribution in [2.75, 3.05) is 18.0 Å². The number of piperidine rings is 1. The van der Waals surface area contributed by atoms with Gasteiger partial charge in [-0.1, -0.05) is 0 Å². The Labute approximate surface area is 90.5 Å². The fraction of sp³-hybridized carbons (Fsp3) is 0.727. The van der Waals surface area contributed by atoms with Gasteiger partial charge in [0.1, 0.15) is 5.76 Å². The normalized spacial score (nSPS) is 22.0. The summed E-state index contributed by atoms with van der Waals surface area (Å²) in [6.07, 6.45) is 6.53. The molecular formula is C11H19N3O. The largest absolute Gasteiger partial charge is 0.429 e. The van der Waals surface area contributed by atoms with Crippen LogP contribution in [0.15, 0.2) is 10.6 Å². The van der Waals surface area contributed by atoms with Gasteiger partial charge in [-0.25, -0.2) is 4.98 Å². The van der Waals surface area contributed by atoms with Crippen LogP contribution in [0.3, 0.4) is 0 Å². The van der Waals surface area contributed by atoms with Crippen molar-refractivity contribution in [2.45, 2.75) is 38.6 Å². The summed E-state index contributed by atoms with van der Waals surface area (Å²) in [7, 11) is 0. The lowest BCUT2D eigenvalue weighted by molar-refractivity contribution is 0.400. The summed E-state index contributed by atoms with van der Waals surface area (Å²) in [5, 5.41) is 0. The molecule has 15 heavy (non-hydrogen) atoms. The van der Waals surface area contributed by atoms with Crippen molar-refractivity contribution in [3.63, 3.8) is 0 Å². The number of rotatable bonds is 3. The molecule has 1 aliphatic rings. The smallest absolute Gasteiger partial charge is 0.297 e. The van der Waals surface area contributed by atoms with Gasteiger partial charge in [0.15, 0.2) is 0 Å². The molecule has 1 unspecified atom stereocenters. The van der Waals surface area contributed by atoms with E-state index in [0.29, 0.717) is 6.04 Å². The van der Waals surface area contributed by atoms with Crippen LogP contribution in [0, 0.1) is 6.92 Å². The SMILES string of the molecule is Cc1cnc(N2CCCCC2CCN)o1. The van der Waals surface area contributed by atoms with Gasteiger partial charge in [-0.3, -0.25) is 0 Å². The second-order valence-electron chi connectivity index (χ2n) is 4.17. The molecule has 1 atom stereocenters. The van der Waals surface area contributed by atoms with Crippen LogP contribution < -0.4 is 10.6 Å². The minimum atomic E-state index is 0.516. The third-order valence-electron chi connectivity index (χ3n) is 2.98. The van der Waals surface area contributed by atoms with E-state index >= 15 is 0 Å². The topological polar surface area (TPSA) is 55.3 Å². The molecule has 84 valence electrons. The molecule has 4 nitrogen and oxygen atoms in total. The summed E-state index contributed by atoms with van der Waals surface area (Å²) in [4.78, 5) is 6.56. The standard InChI is InChI=1S/C11H19N3O/c1-9-8-13-11(15-9)14-7-3-2-4-10(14)5-6-12/h8,10H,2-7,12H2,1H3. The molecule has 1 aliphatic heterocycles. The maximum atomic E-state index is 5.63. The highest BCUT2D eigenvalue weighted by atomic mass is 16.4. The molecule has 1 aromatic heterocycles. The van der Waals surface area contributed by atoms with E-state index in [0.717, 1.165) is 31.3 Å². The van der Waals surface area contributed by atoms with Gasteiger partial charge in [-0.2, -0.15) is 0 Å². The quantitative estimate of drug-likeness (QED) is 0.823. The first-order valence-corrected chi connectivity index (χ1v) is 5.70. The number of aryl methyl sites for hydroxylation is 1. The zero-order valence-corrected chi connectivity index (χ0v) is 9.28. The fourth-order valence-corrected chi connectivity index (χ4v) is 2.22. The number of oxazole rings is 1. The zero-order valence-electron chi connectivity index (χ0n) is 9.28. The Morgan fingerprint density at radius 3 is 3.13 bits per heavy atom. The van der Waals surface area contributed by atoms with E-state index in [1.54, 1.807) is 6.20 Å². The van der Waals surface area contributed by atoms with Crippen molar-refractivity contribution in [3.8, 4) is 0 Å². The molecule has 1 aromatic rings. The van der Waals surface area contributed by atoms with E-state index in [1.807, 2.05) is 6.92 Å². The highest BCUT2D eigenvalue weighted by Crippen LogP contribution is 2.25. The second-order valence-corrected chi connectivity index (χ2v) is 4.17. The Kier molecular flexibility index (Phi) is 3.26. The predicted octanol–water partition coefficient (Wildman–Crippen LogP) is 1.69. The summed E-state index contributed by atoms with van der Waals surface area (Å²) in [6, 6.07) is 1.28. The molecule has 0 amide bonds. The molecule has 0 spiro atoms. The van der Waals surface area contributed by atoms with Crippen LogP contribution in [0.25, 0.3) is 0 Å². The molecule has 0 radical (unpaired) electrons.